The topological polar surface area (TPSA) is 107 Å². The summed E-state index contributed by atoms with van der Waals surface area (Å²) in [6, 6.07) is 78.4. The van der Waals surface area contributed by atoms with E-state index in [1.54, 1.807) is 0 Å². The Bertz CT molecular complexity index is 4060. The van der Waals surface area contributed by atoms with Gasteiger partial charge in [0.05, 0.1) is 79.7 Å². The minimum atomic E-state index is 0.421. The number of nitriles is 3. The molecule has 12 aromatic rings. The predicted octanol–water partition coefficient (Wildman–Crippen LogP) is 14.6. The molecule has 0 atom stereocenters. The molecular weight excluding hydrogens is 831 g/mol. The Morgan fingerprint density at radius 2 is 0.750 bits per heavy atom. The average molecular weight is 866 g/mol. The number of fused-ring (bicyclic) bond motifs is 6. The van der Waals surface area contributed by atoms with Crippen molar-refractivity contribution >= 4 is 43.6 Å². The third-order valence-electron chi connectivity index (χ3n) is 12.8. The van der Waals surface area contributed by atoms with Crippen LogP contribution in [0.25, 0.3) is 111 Å². The van der Waals surface area contributed by atoms with Crippen LogP contribution in [0.4, 0.5) is 0 Å². The molecule has 68 heavy (non-hydrogen) atoms. The molecule has 7 nitrogen and oxygen atoms in total. The van der Waals surface area contributed by atoms with Gasteiger partial charge in [0.1, 0.15) is 0 Å². The average Bonchev–Trinajstić information content (AvgIpc) is 3.93. The van der Waals surface area contributed by atoms with E-state index in [2.05, 4.69) is 112 Å². The van der Waals surface area contributed by atoms with Gasteiger partial charge in [-0.15, -0.1) is 0 Å². The van der Waals surface area contributed by atoms with Crippen LogP contribution in [-0.2, 0) is 0 Å². The van der Waals surface area contributed by atoms with Crippen LogP contribution in [0.5, 0.6) is 0 Å². The number of hydrogen-bond acceptors (Lipinski definition) is 5. The monoisotopic (exact) mass is 865 g/mol. The van der Waals surface area contributed by atoms with Crippen LogP contribution in [0.3, 0.4) is 0 Å². The van der Waals surface area contributed by atoms with Crippen LogP contribution in [0.2, 0.25) is 0 Å². The van der Waals surface area contributed by atoms with Crippen molar-refractivity contribution in [2.45, 2.75) is 0 Å². The Morgan fingerprint density at radius 3 is 1.24 bits per heavy atom. The lowest BCUT2D eigenvalue weighted by molar-refractivity contribution is 1.09. The van der Waals surface area contributed by atoms with Gasteiger partial charge in [-0.2, -0.15) is 15.8 Å². The quantitative estimate of drug-likeness (QED) is 0.159. The van der Waals surface area contributed by atoms with E-state index >= 15 is 0 Å². The zero-order chi connectivity index (χ0) is 45.7. The van der Waals surface area contributed by atoms with Gasteiger partial charge in [-0.1, -0.05) is 133 Å². The standard InChI is InChI=1S/C61H35N7/c62-36-39-13-11-19-43(29-39)45-25-27-57-51(31-45)48-21-7-9-23-55(48)67(57)59-33-47(38-64)50(61-65-53(41-15-3-1-4-16-41)35-54(66-61)42-17-5-2-6-18-42)34-60(59)68-56-24-10-8-22-49(56)52-32-46(26-28-58(52)68)44-20-12-14-40(30-44)37-63/h1-35H. The molecule has 12 rings (SSSR count). The van der Waals surface area contributed by atoms with Crippen molar-refractivity contribution in [3.63, 3.8) is 0 Å². The molecule has 0 radical (unpaired) electrons. The normalized spacial score (nSPS) is 11.2. The summed E-state index contributed by atoms with van der Waals surface area (Å²) in [5, 5.41) is 35.0. The van der Waals surface area contributed by atoms with Gasteiger partial charge < -0.3 is 9.13 Å². The molecule has 0 spiro atoms. The van der Waals surface area contributed by atoms with Crippen molar-refractivity contribution in [3.05, 3.63) is 229 Å². The Balaban J connectivity index is 1.18. The third-order valence-corrected chi connectivity index (χ3v) is 12.8. The summed E-state index contributed by atoms with van der Waals surface area (Å²) in [6.45, 7) is 0. The molecule has 0 aliphatic rings. The molecule has 7 heteroatoms. The Labute approximate surface area is 391 Å². The molecule has 3 aromatic heterocycles. The second-order valence-corrected chi connectivity index (χ2v) is 16.7. The van der Waals surface area contributed by atoms with Crippen molar-refractivity contribution in [3.8, 4) is 85.7 Å². The number of benzene rings is 9. The smallest absolute Gasteiger partial charge is 0.161 e. The van der Waals surface area contributed by atoms with E-state index in [4.69, 9.17) is 9.97 Å². The second-order valence-electron chi connectivity index (χ2n) is 16.7. The summed E-state index contributed by atoms with van der Waals surface area (Å²) in [5.41, 5.74) is 15.0. The number of rotatable bonds is 7. The Kier molecular flexibility index (Phi) is 9.51. The van der Waals surface area contributed by atoms with Crippen molar-refractivity contribution in [2.75, 3.05) is 0 Å². The number of hydrogen-bond donors (Lipinski definition) is 0. The lowest BCUT2D eigenvalue weighted by Gasteiger charge is -2.19. The Hall–Kier alpha value is -9.87. The molecule has 3 heterocycles. The van der Waals surface area contributed by atoms with Gasteiger partial charge in [-0.05, 0) is 101 Å². The molecular formula is C61H35N7. The number of para-hydroxylation sites is 2. The van der Waals surface area contributed by atoms with E-state index in [1.165, 1.54) is 0 Å². The molecule has 314 valence electrons. The van der Waals surface area contributed by atoms with E-state index in [0.29, 0.717) is 28.1 Å². The van der Waals surface area contributed by atoms with Gasteiger partial charge in [-0.3, -0.25) is 0 Å². The van der Waals surface area contributed by atoms with Gasteiger partial charge in [-0.25, -0.2) is 9.97 Å². The van der Waals surface area contributed by atoms with Gasteiger partial charge in [0.15, 0.2) is 5.82 Å². The summed E-state index contributed by atoms with van der Waals surface area (Å²) < 4.78 is 4.56. The molecule has 0 saturated heterocycles. The van der Waals surface area contributed by atoms with E-state index in [-0.39, 0.29) is 0 Å². The molecule has 0 N–H and O–H groups in total. The maximum atomic E-state index is 11.3. The summed E-state index contributed by atoms with van der Waals surface area (Å²) in [5.74, 6) is 0.432. The lowest BCUT2D eigenvalue weighted by atomic mass is 10.0. The molecule has 0 amide bonds. The van der Waals surface area contributed by atoms with Gasteiger partial charge >= 0.3 is 0 Å². The SMILES string of the molecule is N#Cc1cccc(-c2ccc3c(c2)c2ccccc2n3-c2cc(C#N)c(-c3nc(-c4ccccc4)cc(-c4ccccc4)n3)cc2-n2c3ccccc3c3cc(-c4cccc(C#N)c4)ccc32)c1. The predicted molar refractivity (Wildman–Crippen MR) is 272 cm³/mol. The number of aromatic nitrogens is 4. The van der Waals surface area contributed by atoms with Crippen molar-refractivity contribution < 1.29 is 0 Å². The van der Waals surface area contributed by atoms with Crippen LogP contribution in [0.15, 0.2) is 212 Å². The summed E-state index contributed by atoms with van der Waals surface area (Å²) in [4.78, 5) is 10.5. The van der Waals surface area contributed by atoms with Gasteiger partial charge in [0.25, 0.3) is 0 Å². The first-order valence-corrected chi connectivity index (χ1v) is 22.2. The highest BCUT2D eigenvalue weighted by molar-refractivity contribution is 6.13. The highest BCUT2D eigenvalue weighted by atomic mass is 15.1. The van der Waals surface area contributed by atoms with Gasteiger partial charge in [0.2, 0.25) is 0 Å². The van der Waals surface area contributed by atoms with Crippen molar-refractivity contribution in [2.24, 2.45) is 0 Å². The highest BCUT2D eigenvalue weighted by Gasteiger charge is 2.24. The second kappa shape index (κ2) is 16.3. The lowest BCUT2D eigenvalue weighted by Crippen LogP contribution is -2.06. The molecule has 0 bridgehead atoms. The molecule has 0 fully saturated rings. The Morgan fingerprint density at radius 1 is 0.324 bits per heavy atom. The fraction of sp³-hybridized carbons (Fsp3) is 0. The van der Waals surface area contributed by atoms with Crippen LogP contribution < -0.4 is 0 Å². The van der Waals surface area contributed by atoms with Crippen LogP contribution in [-0.4, -0.2) is 19.1 Å². The minimum Gasteiger partial charge on any atom is -0.307 e. The summed E-state index contributed by atoms with van der Waals surface area (Å²) in [6.07, 6.45) is 0. The highest BCUT2D eigenvalue weighted by Crippen LogP contribution is 2.43. The van der Waals surface area contributed by atoms with Crippen molar-refractivity contribution in [1.82, 2.24) is 19.1 Å². The molecule has 0 aliphatic heterocycles. The first-order chi connectivity index (χ1) is 33.6. The first kappa shape index (κ1) is 39.7. The summed E-state index contributed by atoms with van der Waals surface area (Å²) >= 11 is 0. The number of nitrogens with zero attached hydrogens (tertiary/aromatic N) is 7. The fourth-order valence-corrected chi connectivity index (χ4v) is 9.65. The van der Waals surface area contributed by atoms with Crippen LogP contribution in [0, 0.1) is 34.0 Å². The van der Waals surface area contributed by atoms with E-state index in [1.807, 2.05) is 127 Å². The zero-order valence-electron chi connectivity index (χ0n) is 36.3. The molecule has 0 aliphatic carbocycles. The zero-order valence-corrected chi connectivity index (χ0v) is 36.3. The van der Waals surface area contributed by atoms with Gasteiger partial charge in [0, 0.05) is 38.2 Å². The van der Waals surface area contributed by atoms with E-state index in [9.17, 15) is 15.8 Å². The maximum Gasteiger partial charge on any atom is 0.161 e. The largest absolute Gasteiger partial charge is 0.307 e. The van der Waals surface area contributed by atoms with E-state index < -0.39 is 0 Å². The first-order valence-electron chi connectivity index (χ1n) is 22.2. The molecule has 0 saturated carbocycles. The maximum absolute atomic E-state index is 11.3. The third kappa shape index (κ3) is 6.65. The van der Waals surface area contributed by atoms with Crippen molar-refractivity contribution in [1.29, 1.82) is 15.8 Å². The molecule has 9 aromatic carbocycles. The van der Waals surface area contributed by atoms with Crippen LogP contribution in [0.1, 0.15) is 16.7 Å². The summed E-state index contributed by atoms with van der Waals surface area (Å²) in [7, 11) is 0. The van der Waals surface area contributed by atoms with E-state index in [0.717, 1.165) is 99.8 Å². The molecule has 0 unspecified atom stereocenters. The minimum absolute atomic E-state index is 0.421. The fourth-order valence-electron chi connectivity index (χ4n) is 9.65. The van der Waals surface area contributed by atoms with Crippen LogP contribution >= 0.6 is 0 Å².